The molecule has 0 saturated carbocycles. The lowest BCUT2D eigenvalue weighted by molar-refractivity contribution is -0.385. The number of benzene rings is 2. The topological polar surface area (TPSA) is 117 Å². The van der Waals surface area contributed by atoms with E-state index in [2.05, 4.69) is 9.97 Å². The Kier molecular flexibility index (Phi) is 6.55. The number of nitrogens with zero attached hydrogens (tertiary/aromatic N) is 4. The lowest BCUT2D eigenvalue weighted by Crippen LogP contribution is -2.31. The zero-order chi connectivity index (χ0) is 24.2. The van der Waals surface area contributed by atoms with Crippen molar-refractivity contribution in [1.29, 1.82) is 0 Å². The molecule has 2 aromatic carbocycles. The van der Waals surface area contributed by atoms with Crippen LogP contribution in [0.4, 0.5) is 10.8 Å². The number of nitro groups is 1. The van der Waals surface area contributed by atoms with Crippen molar-refractivity contribution in [1.82, 2.24) is 9.97 Å². The molecule has 4 rings (SSSR count). The summed E-state index contributed by atoms with van der Waals surface area (Å²) in [5.41, 5.74) is 0.698. The summed E-state index contributed by atoms with van der Waals surface area (Å²) in [4.78, 5) is 35.2. The number of thiazole rings is 1. The zero-order valence-electron chi connectivity index (χ0n) is 18.5. The first kappa shape index (κ1) is 22.9. The minimum atomic E-state index is -0.628. The maximum Gasteiger partial charge on any atom is 0.286 e. The summed E-state index contributed by atoms with van der Waals surface area (Å²) in [6, 6.07) is 13.2. The number of ether oxygens (including phenoxy) is 3. The van der Waals surface area contributed by atoms with Crippen LogP contribution in [-0.4, -0.2) is 42.1 Å². The number of methoxy groups -OCH3 is 3. The maximum absolute atomic E-state index is 13.8. The normalized spacial score (nSPS) is 10.7. The molecule has 0 radical (unpaired) electrons. The molecule has 4 aromatic rings. The van der Waals surface area contributed by atoms with Gasteiger partial charge in [-0.3, -0.25) is 24.8 Å². The number of nitro benzene ring substituents is 1. The number of hydrogen-bond donors (Lipinski definition) is 0. The number of pyridine rings is 1. The second-order valence-corrected chi connectivity index (χ2v) is 8.03. The average molecular weight is 481 g/mol. The summed E-state index contributed by atoms with van der Waals surface area (Å²) in [5.74, 6) is 0.377. The van der Waals surface area contributed by atoms with Crippen LogP contribution in [0, 0.1) is 10.1 Å². The molecular weight excluding hydrogens is 460 g/mol. The van der Waals surface area contributed by atoms with Crippen molar-refractivity contribution in [3.05, 3.63) is 76.1 Å². The molecular formula is C23H20N4O6S. The highest BCUT2D eigenvalue weighted by atomic mass is 32.1. The molecule has 0 bridgehead atoms. The molecule has 1 amide bonds. The molecule has 0 atom stereocenters. The van der Waals surface area contributed by atoms with E-state index in [1.54, 1.807) is 43.6 Å². The molecule has 0 unspecified atom stereocenters. The van der Waals surface area contributed by atoms with Crippen LogP contribution in [0.1, 0.15) is 16.1 Å². The Labute approximate surface area is 198 Å². The Hall–Kier alpha value is -4.25. The lowest BCUT2D eigenvalue weighted by Gasteiger charge is -2.20. The molecule has 2 aromatic heterocycles. The summed E-state index contributed by atoms with van der Waals surface area (Å²) in [5, 5.41) is 12.2. The molecule has 0 saturated heterocycles. The Morgan fingerprint density at radius 3 is 2.47 bits per heavy atom. The van der Waals surface area contributed by atoms with Crippen molar-refractivity contribution < 1.29 is 23.9 Å². The third kappa shape index (κ3) is 4.46. The number of fused-ring (bicyclic) bond motifs is 1. The maximum atomic E-state index is 13.8. The van der Waals surface area contributed by atoms with Crippen molar-refractivity contribution in [3.8, 4) is 17.2 Å². The van der Waals surface area contributed by atoms with Gasteiger partial charge < -0.3 is 14.2 Å². The fourth-order valence-corrected chi connectivity index (χ4v) is 4.34. The van der Waals surface area contributed by atoms with E-state index in [0.29, 0.717) is 22.1 Å². The van der Waals surface area contributed by atoms with Crippen molar-refractivity contribution in [2.45, 2.75) is 6.54 Å². The second kappa shape index (κ2) is 9.71. The number of carbonyl (C=O) groups excluding carboxylic acids is 1. The fraction of sp³-hybridized carbons (Fsp3) is 0.174. The first-order valence-corrected chi connectivity index (χ1v) is 10.8. The van der Waals surface area contributed by atoms with Crippen molar-refractivity contribution in [3.63, 3.8) is 0 Å². The van der Waals surface area contributed by atoms with E-state index < -0.39 is 16.5 Å². The number of aromatic nitrogens is 2. The molecule has 0 fully saturated rings. The monoisotopic (exact) mass is 480 g/mol. The highest BCUT2D eigenvalue weighted by Crippen LogP contribution is 2.37. The first-order valence-electron chi connectivity index (χ1n) is 10.0. The molecule has 0 aliphatic heterocycles. The van der Waals surface area contributed by atoms with E-state index in [1.165, 1.54) is 42.6 Å². The number of hydrogen-bond acceptors (Lipinski definition) is 9. The highest BCUT2D eigenvalue weighted by molar-refractivity contribution is 7.22. The van der Waals surface area contributed by atoms with Gasteiger partial charge in [-0.1, -0.05) is 17.4 Å². The fourth-order valence-electron chi connectivity index (χ4n) is 3.35. The number of carbonyl (C=O) groups is 1. The predicted molar refractivity (Wildman–Crippen MR) is 127 cm³/mol. The first-order chi connectivity index (χ1) is 16.4. The predicted octanol–water partition coefficient (Wildman–Crippen LogP) is 4.47. The molecule has 0 aliphatic rings. The third-order valence-electron chi connectivity index (χ3n) is 5.04. The van der Waals surface area contributed by atoms with E-state index in [-0.39, 0.29) is 23.6 Å². The number of anilines is 1. The Bertz CT molecular complexity index is 1360. The van der Waals surface area contributed by atoms with Gasteiger partial charge in [0.25, 0.3) is 11.6 Å². The summed E-state index contributed by atoms with van der Waals surface area (Å²) in [7, 11) is 4.33. The third-order valence-corrected chi connectivity index (χ3v) is 6.08. The van der Waals surface area contributed by atoms with Crippen LogP contribution in [0.25, 0.3) is 10.2 Å². The van der Waals surface area contributed by atoms with Crippen LogP contribution in [0.5, 0.6) is 17.2 Å². The molecule has 34 heavy (non-hydrogen) atoms. The van der Waals surface area contributed by atoms with Gasteiger partial charge in [0, 0.05) is 12.3 Å². The van der Waals surface area contributed by atoms with Crippen LogP contribution in [0.3, 0.4) is 0 Å². The van der Waals surface area contributed by atoms with Gasteiger partial charge in [-0.05, 0) is 30.3 Å². The molecule has 0 N–H and O–H groups in total. The number of rotatable bonds is 8. The average Bonchev–Trinajstić information content (AvgIpc) is 3.29. The quantitative estimate of drug-likeness (QED) is 0.268. The minimum Gasteiger partial charge on any atom is -0.497 e. The van der Waals surface area contributed by atoms with Crippen LogP contribution in [0.15, 0.2) is 54.7 Å². The van der Waals surface area contributed by atoms with Gasteiger partial charge in [-0.15, -0.1) is 0 Å². The van der Waals surface area contributed by atoms with Crippen molar-refractivity contribution in [2.24, 2.45) is 0 Å². The van der Waals surface area contributed by atoms with Gasteiger partial charge in [0.1, 0.15) is 11.3 Å². The van der Waals surface area contributed by atoms with Gasteiger partial charge in [-0.2, -0.15) is 0 Å². The summed E-state index contributed by atoms with van der Waals surface area (Å²) < 4.78 is 16.5. The van der Waals surface area contributed by atoms with Gasteiger partial charge in [0.05, 0.1) is 54.8 Å². The molecule has 0 spiro atoms. The molecule has 174 valence electrons. The van der Waals surface area contributed by atoms with Crippen LogP contribution in [0.2, 0.25) is 0 Å². The van der Waals surface area contributed by atoms with Crippen LogP contribution in [-0.2, 0) is 6.54 Å². The zero-order valence-corrected chi connectivity index (χ0v) is 19.4. The summed E-state index contributed by atoms with van der Waals surface area (Å²) in [6.45, 7) is 0.0577. The minimum absolute atomic E-state index is 0.0577. The standard InChI is InChI=1S/C23H20N4O6S/c1-31-15-7-8-17-21(10-15)34-23(25-17)26(13-14-6-4-5-9-24-14)22(28)16-11-19(32-2)20(33-3)12-18(16)27(29)30/h4-12H,13H2,1-3H3. The summed E-state index contributed by atoms with van der Waals surface area (Å²) >= 11 is 1.27. The highest BCUT2D eigenvalue weighted by Gasteiger charge is 2.30. The SMILES string of the molecule is COc1ccc2nc(N(Cc3ccccn3)C(=O)c3cc(OC)c(OC)cc3[N+](=O)[O-])sc2c1. The molecule has 10 nitrogen and oxygen atoms in total. The Morgan fingerprint density at radius 2 is 1.82 bits per heavy atom. The smallest absolute Gasteiger partial charge is 0.286 e. The summed E-state index contributed by atoms with van der Waals surface area (Å²) in [6.07, 6.45) is 1.61. The van der Waals surface area contributed by atoms with Gasteiger partial charge >= 0.3 is 0 Å². The van der Waals surface area contributed by atoms with E-state index in [4.69, 9.17) is 14.2 Å². The van der Waals surface area contributed by atoms with Gasteiger partial charge in [-0.25, -0.2) is 4.98 Å². The largest absolute Gasteiger partial charge is 0.497 e. The molecule has 11 heteroatoms. The van der Waals surface area contributed by atoms with E-state index >= 15 is 0 Å². The number of amides is 1. The van der Waals surface area contributed by atoms with E-state index in [0.717, 1.165) is 4.70 Å². The molecule has 2 heterocycles. The van der Waals surface area contributed by atoms with Crippen molar-refractivity contribution in [2.75, 3.05) is 26.2 Å². The van der Waals surface area contributed by atoms with E-state index in [9.17, 15) is 14.9 Å². The second-order valence-electron chi connectivity index (χ2n) is 7.02. The van der Waals surface area contributed by atoms with Crippen molar-refractivity contribution >= 4 is 38.3 Å². The lowest BCUT2D eigenvalue weighted by atomic mass is 10.1. The van der Waals surface area contributed by atoms with Crippen LogP contribution >= 0.6 is 11.3 Å². The van der Waals surface area contributed by atoms with E-state index in [1.807, 2.05) is 6.07 Å². The van der Waals surface area contributed by atoms with Gasteiger partial charge in [0.15, 0.2) is 16.6 Å². The Morgan fingerprint density at radius 1 is 1.06 bits per heavy atom. The van der Waals surface area contributed by atoms with Crippen LogP contribution < -0.4 is 19.1 Å². The molecule has 0 aliphatic carbocycles. The van der Waals surface area contributed by atoms with Gasteiger partial charge in [0.2, 0.25) is 0 Å². The Balaban J connectivity index is 1.86.